The minimum absolute atomic E-state index is 0.225. The average Bonchev–Trinajstić information content (AvgIpc) is 3.17. The van der Waals surface area contributed by atoms with Crippen LogP contribution in [0.3, 0.4) is 0 Å². The number of amides is 2. The molecule has 7 heteroatoms. The summed E-state index contributed by atoms with van der Waals surface area (Å²) in [7, 11) is 0. The van der Waals surface area contributed by atoms with Crippen LogP contribution in [0.4, 0.5) is 10.8 Å². The van der Waals surface area contributed by atoms with Crippen LogP contribution in [-0.4, -0.2) is 22.0 Å². The lowest BCUT2D eigenvalue weighted by Gasteiger charge is -2.07. The summed E-state index contributed by atoms with van der Waals surface area (Å²) in [4.78, 5) is 24.8. The zero-order chi connectivity index (χ0) is 19.9. The maximum Gasteiger partial charge on any atom is 0.257 e. The number of benzene rings is 2. The molecular formula is C21H22N4O2S. The van der Waals surface area contributed by atoms with Gasteiger partial charge in [0.1, 0.15) is 5.01 Å². The molecule has 3 rings (SSSR count). The number of nitrogens with one attached hydrogen (secondary N) is 2. The van der Waals surface area contributed by atoms with Crippen molar-refractivity contribution in [2.45, 2.75) is 32.6 Å². The predicted octanol–water partition coefficient (Wildman–Crippen LogP) is 4.95. The van der Waals surface area contributed by atoms with E-state index in [2.05, 4.69) is 34.7 Å². The fraction of sp³-hybridized carbons (Fsp3) is 0.238. The molecular weight excluding hydrogens is 372 g/mol. The molecule has 0 aliphatic rings. The van der Waals surface area contributed by atoms with Crippen LogP contribution in [0, 0.1) is 0 Å². The lowest BCUT2D eigenvalue weighted by atomic mass is 10.1. The number of nitrogens with zero attached hydrogens (tertiary/aromatic N) is 2. The Morgan fingerprint density at radius 3 is 2.43 bits per heavy atom. The van der Waals surface area contributed by atoms with E-state index in [4.69, 9.17) is 0 Å². The van der Waals surface area contributed by atoms with Crippen LogP contribution < -0.4 is 10.6 Å². The number of aromatic nitrogens is 2. The minimum Gasteiger partial charge on any atom is -0.322 e. The summed E-state index contributed by atoms with van der Waals surface area (Å²) in [6.45, 7) is 4.23. The van der Waals surface area contributed by atoms with E-state index in [0.717, 1.165) is 17.8 Å². The fourth-order valence-electron chi connectivity index (χ4n) is 2.74. The van der Waals surface area contributed by atoms with Gasteiger partial charge in [-0.2, -0.15) is 0 Å². The van der Waals surface area contributed by atoms with Crippen molar-refractivity contribution in [3.05, 3.63) is 70.7 Å². The van der Waals surface area contributed by atoms with E-state index in [1.165, 1.54) is 11.3 Å². The molecule has 1 aromatic heterocycles. The van der Waals surface area contributed by atoms with E-state index in [1.807, 2.05) is 6.07 Å². The summed E-state index contributed by atoms with van der Waals surface area (Å²) < 4.78 is 0. The van der Waals surface area contributed by atoms with Gasteiger partial charge in [-0.25, -0.2) is 0 Å². The highest BCUT2D eigenvalue weighted by molar-refractivity contribution is 7.15. The SMILES string of the molecule is CCC[C@@H](C)c1nnc(NC(=O)c2cccc(NC(=O)c3ccccc3)c2)s1. The van der Waals surface area contributed by atoms with E-state index in [9.17, 15) is 9.59 Å². The molecule has 6 nitrogen and oxygen atoms in total. The Bertz CT molecular complexity index is 956. The molecule has 0 aliphatic heterocycles. The maximum absolute atomic E-state index is 12.5. The summed E-state index contributed by atoms with van der Waals surface area (Å²) >= 11 is 1.39. The van der Waals surface area contributed by atoms with Crippen LogP contribution in [0.2, 0.25) is 0 Å². The summed E-state index contributed by atoms with van der Waals surface area (Å²) in [5, 5.41) is 15.2. The summed E-state index contributed by atoms with van der Waals surface area (Å²) in [6.07, 6.45) is 2.11. The third-order valence-electron chi connectivity index (χ3n) is 4.22. The molecule has 0 bridgehead atoms. The first-order chi connectivity index (χ1) is 13.6. The normalized spacial score (nSPS) is 11.6. The van der Waals surface area contributed by atoms with Gasteiger partial charge in [-0.3, -0.25) is 14.9 Å². The molecule has 2 amide bonds. The quantitative estimate of drug-likeness (QED) is 0.594. The zero-order valence-corrected chi connectivity index (χ0v) is 16.6. The van der Waals surface area contributed by atoms with Gasteiger partial charge in [0.15, 0.2) is 0 Å². The van der Waals surface area contributed by atoms with Gasteiger partial charge in [0.2, 0.25) is 5.13 Å². The summed E-state index contributed by atoms with van der Waals surface area (Å²) in [5.41, 5.74) is 1.54. The van der Waals surface area contributed by atoms with Crippen molar-refractivity contribution in [1.82, 2.24) is 10.2 Å². The molecule has 0 saturated heterocycles. The molecule has 2 aromatic carbocycles. The highest BCUT2D eigenvalue weighted by Gasteiger charge is 2.14. The van der Waals surface area contributed by atoms with E-state index in [1.54, 1.807) is 48.5 Å². The van der Waals surface area contributed by atoms with E-state index < -0.39 is 0 Å². The molecule has 1 heterocycles. The van der Waals surface area contributed by atoms with Gasteiger partial charge in [0, 0.05) is 22.7 Å². The van der Waals surface area contributed by atoms with Gasteiger partial charge in [0.25, 0.3) is 11.8 Å². The molecule has 1 atom stereocenters. The van der Waals surface area contributed by atoms with Gasteiger partial charge in [-0.05, 0) is 36.8 Å². The first-order valence-electron chi connectivity index (χ1n) is 9.18. The number of hydrogen-bond acceptors (Lipinski definition) is 5. The van der Waals surface area contributed by atoms with Gasteiger partial charge in [0.05, 0.1) is 0 Å². The third kappa shape index (κ3) is 5.01. The monoisotopic (exact) mass is 394 g/mol. The second-order valence-electron chi connectivity index (χ2n) is 6.49. The van der Waals surface area contributed by atoms with Gasteiger partial charge in [-0.15, -0.1) is 10.2 Å². The standard InChI is InChI=1S/C21H22N4O2S/c1-3-8-14(2)20-24-25-21(28-20)23-19(27)16-11-7-12-17(13-16)22-18(26)15-9-5-4-6-10-15/h4-7,9-14H,3,8H2,1-2H3,(H,22,26)(H,23,25,27)/t14-/m1/s1. The second-order valence-corrected chi connectivity index (χ2v) is 7.50. The highest BCUT2D eigenvalue weighted by atomic mass is 32.1. The average molecular weight is 395 g/mol. The molecule has 28 heavy (non-hydrogen) atoms. The molecule has 2 N–H and O–H groups in total. The van der Waals surface area contributed by atoms with Gasteiger partial charge < -0.3 is 5.32 Å². The Morgan fingerprint density at radius 2 is 1.68 bits per heavy atom. The van der Waals surface area contributed by atoms with Crippen molar-refractivity contribution >= 4 is 34.0 Å². The Kier molecular flexibility index (Phi) is 6.49. The molecule has 0 fully saturated rings. The molecule has 3 aromatic rings. The first kappa shape index (κ1) is 19.7. The van der Waals surface area contributed by atoms with Crippen molar-refractivity contribution in [3.63, 3.8) is 0 Å². The fourth-order valence-corrected chi connectivity index (χ4v) is 3.57. The van der Waals surface area contributed by atoms with E-state index >= 15 is 0 Å². The van der Waals surface area contributed by atoms with Crippen molar-refractivity contribution in [2.75, 3.05) is 10.6 Å². The van der Waals surface area contributed by atoms with E-state index in [0.29, 0.717) is 27.9 Å². The molecule has 0 unspecified atom stereocenters. The third-order valence-corrected chi connectivity index (χ3v) is 5.29. The Hall–Kier alpha value is -3.06. The Labute approximate surface area is 168 Å². The number of rotatable bonds is 7. The lowest BCUT2D eigenvalue weighted by Crippen LogP contribution is -2.14. The number of hydrogen-bond donors (Lipinski definition) is 2. The summed E-state index contributed by atoms with van der Waals surface area (Å²) in [6, 6.07) is 15.7. The number of carbonyl (C=O) groups excluding carboxylic acids is 2. The Balaban J connectivity index is 1.66. The van der Waals surface area contributed by atoms with Crippen LogP contribution in [0.5, 0.6) is 0 Å². The molecule has 0 aliphatic carbocycles. The maximum atomic E-state index is 12.5. The smallest absolute Gasteiger partial charge is 0.257 e. The molecule has 144 valence electrons. The van der Waals surface area contributed by atoms with Crippen LogP contribution in [-0.2, 0) is 0 Å². The van der Waals surface area contributed by atoms with Crippen molar-refractivity contribution in [3.8, 4) is 0 Å². The largest absolute Gasteiger partial charge is 0.322 e. The zero-order valence-electron chi connectivity index (χ0n) is 15.8. The molecule has 0 radical (unpaired) electrons. The highest BCUT2D eigenvalue weighted by Crippen LogP contribution is 2.26. The predicted molar refractivity (Wildman–Crippen MR) is 112 cm³/mol. The van der Waals surface area contributed by atoms with Crippen LogP contribution in [0.1, 0.15) is 58.3 Å². The topological polar surface area (TPSA) is 84.0 Å². The summed E-state index contributed by atoms with van der Waals surface area (Å²) in [5.74, 6) is -0.192. The van der Waals surface area contributed by atoms with Crippen LogP contribution in [0.25, 0.3) is 0 Å². The first-order valence-corrected chi connectivity index (χ1v) is 9.99. The van der Waals surface area contributed by atoms with E-state index in [-0.39, 0.29) is 11.8 Å². The minimum atomic E-state index is -0.290. The van der Waals surface area contributed by atoms with Gasteiger partial charge in [-0.1, -0.05) is 55.9 Å². The Morgan fingerprint density at radius 1 is 0.964 bits per heavy atom. The molecule has 0 saturated carbocycles. The van der Waals surface area contributed by atoms with Crippen LogP contribution in [0.15, 0.2) is 54.6 Å². The van der Waals surface area contributed by atoms with Crippen molar-refractivity contribution < 1.29 is 9.59 Å². The lowest BCUT2D eigenvalue weighted by molar-refractivity contribution is 0.101. The second kappa shape index (κ2) is 9.23. The number of anilines is 2. The van der Waals surface area contributed by atoms with Crippen molar-refractivity contribution in [2.24, 2.45) is 0 Å². The van der Waals surface area contributed by atoms with Crippen LogP contribution >= 0.6 is 11.3 Å². The van der Waals surface area contributed by atoms with Crippen molar-refractivity contribution in [1.29, 1.82) is 0 Å². The molecule has 0 spiro atoms. The van der Waals surface area contributed by atoms with Gasteiger partial charge >= 0.3 is 0 Å². The number of carbonyl (C=O) groups is 2.